The molecule has 0 aliphatic carbocycles. The molecule has 5 heteroatoms. The summed E-state index contributed by atoms with van der Waals surface area (Å²) in [6, 6.07) is 5.51. The summed E-state index contributed by atoms with van der Waals surface area (Å²) in [4.78, 5) is 23.8. The van der Waals surface area contributed by atoms with E-state index < -0.39 is 6.04 Å². The molecule has 0 unspecified atom stereocenters. The van der Waals surface area contributed by atoms with Gasteiger partial charge in [-0.3, -0.25) is 9.59 Å². The summed E-state index contributed by atoms with van der Waals surface area (Å²) in [5.74, 6) is 0.372. The fourth-order valence-corrected chi connectivity index (χ4v) is 3.22. The fourth-order valence-electron chi connectivity index (χ4n) is 3.22. The van der Waals surface area contributed by atoms with Gasteiger partial charge in [0, 0.05) is 5.56 Å². The molecule has 22 heavy (non-hydrogen) atoms. The summed E-state index contributed by atoms with van der Waals surface area (Å²) in [7, 11) is 0. The number of hydrogen-bond donors (Lipinski definition) is 0. The van der Waals surface area contributed by atoms with Gasteiger partial charge in [-0.25, -0.2) is 13.5 Å². The summed E-state index contributed by atoms with van der Waals surface area (Å²) < 4.78 is 17.0. The monoisotopic (exact) mass is 301 g/mol. The number of halogens is 1. The van der Waals surface area contributed by atoms with Gasteiger partial charge in [0.05, 0.1) is 13.0 Å². The lowest BCUT2D eigenvalue weighted by molar-refractivity contribution is -0.701. The zero-order valence-corrected chi connectivity index (χ0v) is 12.7. The van der Waals surface area contributed by atoms with Crippen LogP contribution in [0.4, 0.5) is 4.39 Å². The van der Waals surface area contributed by atoms with Crippen molar-refractivity contribution in [2.75, 3.05) is 0 Å². The zero-order chi connectivity index (χ0) is 15.9. The highest BCUT2D eigenvalue weighted by Gasteiger charge is 2.36. The molecule has 0 saturated heterocycles. The number of carbonyl (C=O) groups excluding carboxylic acids is 2. The van der Waals surface area contributed by atoms with Crippen molar-refractivity contribution in [3.8, 4) is 11.3 Å². The summed E-state index contributed by atoms with van der Waals surface area (Å²) in [6.07, 6.45) is 3.65. The molecule has 0 spiro atoms. The fraction of sp³-hybridized carbons (Fsp3) is 0.353. The molecule has 0 amide bonds. The van der Waals surface area contributed by atoms with E-state index in [0.717, 1.165) is 36.5 Å². The Balaban J connectivity index is 2.14. The molecular formula is C17H18FN2O2+. The van der Waals surface area contributed by atoms with Gasteiger partial charge in [0.1, 0.15) is 12.0 Å². The van der Waals surface area contributed by atoms with E-state index >= 15 is 0 Å². The molecule has 0 saturated carbocycles. The van der Waals surface area contributed by atoms with Crippen LogP contribution in [0, 0.1) is 5.82 Å². The number of benzene rings is 1. The van der Waals surface area contributed by atoms with Crippen LogP contribution in [0.15, 0.2) is 30.5 Å². The minimum absolute atomic E-state index is 0.163. The van der Waals surface area contributed by atoms with Crippen LogP contribution in [-0.2, 0) is 22.6 Å². The second-order valence-electron chi connectivity index (χ2n) is 5.72. The third kappa shape index (κ3) is 2.36. The van der Waals surface area contributed by atoms with Gasteiger partial charge >= 0.3 is 0 Å². The highest BCUT2D eigenvalue weighted by Crippen LogP contribution is 2.26. The first-order valence-corrected chi connectivity index (χ1v) is 7.39. The number of aromatic nitrogens is 2. The minimum atomic E-state index is -0.770. The Morgan fingerprint density at radius 2 is 1.82 bits per heavy atom. The molecular weight excluding hydrogens is 283 g/mol. The van der Waals surface area contributed by atoms with E-state index in [2.05, 4.69) is 4.57 Å². The topological polar surface area (TPSA) is 43.0 Å². The number of imidazole rings is 1. The van der Waals surface area contributed by atoms with Crippen molar-refractivity contribution in [3.63, 3.8) is 0 Å². The van der Waals surface area contributed by atoms with Gasteiger partial charge in [0.15, 0.2) is 17.3 Å². The first kappa shape index (κ1) is 14.6. The molecule has 1 aliphatic rings. The third-order valence-corrected chi connectivity index (χ3v) is 4.13. The Labute approximate surface area is 128 Å². The average Bonchev–Trinajstić information content (AvgIpc) is 3.03. The van der Waals surface area contributed by atoms with Crippen molar-refractivity contribution in [1.82, 2.24) is 4.57 Å². The summed E-state index contributed by atoms with van der Waals surface area (Å²) in [5, 5.41) is 0. The Kier molecular flexibility index (Phi) is 3.64. The van der Waals surface area contributed by atoms with E-state index in [1.54, 1.807) is 16.7 Å². The van der Waals surface area contributed by atoms with E-state index in [0.29, 0.717) is 0 Å². The van der Waals surface area contributed by atoms with Crippen LogP contribution in [-0.4, -0.2) is 16.1 Å². The number of ketones is 2. The zero-order valence-electron chi connectivity index (χ0n) is 12.7. The third-order valence-electron chi connectivity index (χ3n) is 4.13. The van der Waals surface area contributed by atoms with Crippen LogP contribution in [0.5, 0.6) is 0 Å². The molecule has 0 radical (unpaired) electrons. The van der Waals surface area contributed by atoms with Crippen LogP contribution in [0.2, 0.25) is 0 Å². The van der Waals surface area contributed by atoms with Crippen LogP contribution in [0.1, 0.15) is 32.1 Å². The quantitative estimate of drug-likeness (QED) is 0.642. The molecule has 0 bridgehead atoms. The Morgan fingerprint density at radius 3 is 2.41 bits per heavy atom. The minimum Gasteiger partial charge on any atom is -0.295 e. The molecule has 2 heterocycles. The van der Waals surface area contributed by atoms with Gasteiger partial charge in [-0.2, -0.15) is 0 Å². The van der Waals surface area contributed by atoms with Crippen molar-refractivity contribution in [1.29, 1.82) is 0 Å². The molecule has 1 aromatic carbocycles. The standard InChI is InChI=1S/C17H18FN2O2/c1-11(21)17(12(2)22)20-10-15(19-9-3-4-16(19)20)13-5-7-14(18)8-6-13/h5-8,10,17H,3-4,9H2,1-2H3/q+1. The van der Waals surface area contributed by atoms with Crippen LogP contribution < -0.4 is 4.57 Å². The largest absolute Gasteiger partial charge is 0.295 e. The maximum Gasteiger partial charge on any atom is 0.258 e. The SMILES string of the molecule is CC(=O)C(C(C)=O)[n+]1cc(-c2ccc(F)cc2)n2c1CCC2. The number of Topliss-reactive ketones (excluding diaryl/α,β-unsaturated/α-hetero) is 2. The molecule has 4 nitrogen and oxygen atoms in total. The molecule has 1 aromatic heterocycles. The van der Waals surface area contributed by atoms with Gasteiger partial charge < -0.3 is 0 Å². The van der Waals surface area contributed by atoms with Crippen molar-refractivity contribution in [2.24, 2.45) is 0 Å². The van der Waals surface area contributed by atoms with Crippen molar-refractivity contribution >= 4 is 11.6 Å². The molecule has 114 valence electrons. The van der Waals surface area contributed by atoms with E-state index in [-0.39, 0.29) is 17.4 Å². The highest BCUT2D eigenvalue weighted by atomic mass is 19.1. The summed E-state index contributed by atoms with van der Waals surface area (Å²) in [5.41, 5.74) is 1.80. The van der Waals surface area contributed by atoms with E-state index in [1.165, 1.54) is 26.0 Å². The van der Waals surface area contributed by atoms with Gasteiger partial charge in [-0.15, -0.1) is 0 Å². The molecule has 0 N–H and O–H groups in total. The van der Waals surface area contributed by atoms with Crippen molar-refractivity contribution in [3.05, 3.63) is 42.1 Å². The van der Waals surface area contributed by atoms with E-state index in [9.17, 15) is 14.0 Å². The predicted molar refractivity (Wildman–Crippen MR) is 78.7 cm³/mol. The Bertz CT molecular complexity index is 733. The molecule has 2 aromatic rings. The van der Waals surface area contributed by atoms with Crippen LogP contribution in [0.3, 0.4) is 0 Å². The molecule has 3 rings (SSSR count). The smallest absolute Gasteiger partial charge is 0.258 e. The normalized spacial score (nSPS) is 13.5. The highest BCUT2D eigenvalue weighted by molar-refractivity contribution is 6.00. The van der Waals surface area contributed by atoms with Crippen LogP contribution in [0.25, 0.3) is 11.3 Å². The molecule has 0 atom stereocenters. The number of fused-ring (bicyclic) bond motifs is 1. The lowest BCUT2D eigenvalue weighted by atomic mass is 10.1. The molecule has 1 aliphatic heterocycles. The van der Waals surface area contributed by atoms with E-state index in [1.807, 2.05) is 6.20 Å². The lowest BCUT2D eigenvalue weighted by Crippen LogP contribution is -2.48. The number of nitrogens with zero attached hydrogens (tertiary/aromatic N) is 2. The van der Waals surface area contributed by atoms with Crippen molar-refractivity contribution < 1.29 is 18.5 Å². The Hall–Kier alpha value is -2.30. The second kappa shape index (κ2) is 5.48. The summed E-state index contributed by atoms with van der Waals surface area (Å²) >= 11 is 0. The summed E-state index contributed by atoms with van der Waals surface area (Å²) in [6.45, 7) is 3.73. The lowest BCUT2D eigenvalue weighted by Gasteiger charge is -2.07. The van der Waals surface area contributed by atoms with Gasteiger partial charge in [0.25, 0.3) is 5.82 Å². The average molecular weight is 301 g/mol. The van der Waals surface area contributed by atoms with E-state index in [4.69, 9.17) is 0 Å². The maximum atomic E-state index is 13.1. The van der Waals surface area contributed by atoms with Gasteiger partial charge in [-0.05, 0) is 44.5 Å². The number of carbonyl (C=O) groups is 2. The number of rotatable bonds is 4. The van der Waals surface area contributed by atoms with Crippen molar-refractivity contribution in [2.45, 2.75) is 39.3 Å². The Morgan fingerprint density at radius 1 is 1.18 bits per heavy atom. The van der Waals surface area contributed by atoms with Gasteiger partial charge in [-0.1, -0.05) is 0 Å². The first-order chi connectivity index (χ1) is 10.5. The first-order valence-electron chi connectivity index (χ1n) is 7.39. The predicted octanol–water partition coefficient (Wildman–Crippen LogP) is 2.25. The van der Waals surface area contributed by atoms with Crippen LogP contribution >= 0.6 is 0 Å². The molecule has 0 fully saturated rings. The second-order valence-corrected chi connectivity index (χ2v) is 5.72. The number of hydrogen-bond acceptors (Lipinski definition) is 2. The maximum absolute atomic E-state index is 13.1. The van der Waals surface area contributed by atoms with Gasteiger partial charge in [0.2, 0.25) is 6.04 Å².